The molecule has 2 saturated heterocycles. The number of likely N-dealkylation sites (tertiary alicyclic amines) is 1. The number of carbonyl (C=O) groups is 3. The number of nitrogens with one attached hydrogen (secondary N) is 1. The molecule has 0 saturated carbocycles. The summed E-state index contributed by atoms with van der Waals surface area (Å²) in [5.41, 5.74) is 0.821. The molecule has 2 fully saturated rings. The molecular weight excluding hydrogens is 356 g/mol. The van der Waals surface area contributed by atoms with Crippen molar-refractivity contribution >= 4 is 17.8 Å². The lowest BCUT2D eigenvalue weighted by molar-refractivity contribution is -0.137. The van der Waals surface area contributed by atoms with E-state index in [1.807, 2.05) is 48.5 Å². The first kappa shape index (κ1) is 18.2. The summed E-state index contributed by atoms with van der Waals surface area (Å²) >= 11 is 0. The third-order valence-corrected chi connectivity index (χ3v) is 5.59. The third-order valence-electron chi connectivity index (χ3n) is 5.59. The van der Waals surface area contributed by atoms with Gasteiger partial charge in [-0.1, -0.05) is 36.4 Å². The van der Waals surface area contributed by atoms with Crippen molar-refractivity contribution in [1.82, 2.24) is 20.1 Å². The zero-order chi connectivity index (χ0) is 19.6. The van der Waals surface area contributed by atoms with Crippen LogP contribution in [0.1, 0.15) is 24.1 Å². The average Bonchev–Trinajstić information content (AvgIpc) is 2.94. The number of hydrogen-bond acceptors (Lipinski definition) is 4. The maximum absolute atomic E-state index is 12.6. The van der Waals surface area contributed by atoms with Crippen LogP contribution < -0.4 is 5.32 Å². The van der Waals surface area contributed by atoms with Gasteiger partial charge in [-0.3, -0.25) is 19.9 Å². The van der Waals surface area contributed by atoms with Crippen molar-refractivity contribution in [2.45, 2.75) is 31.3 Å². The van der Waals surface area contributed by atoms with E-state index in [1.165, 1.54) is 0 Å². The summed E-state index contributed by atoms with van der Waals surface area (Å²) in [6.07, 6.45) is 2.78. The maximum Gasteiger partial charge on any atom is 0.325 e. The van der Waals surface area contributed by atoms with E-state index in [0.29, 0.717) is 32.5 Å². The lowest BCUT2D eigenvalue weighted by Crippen LogP contribution is -2.57. The molecule has 1 N–H and O–H groups in total. The highest BCUT2D eigenvalue weighted by Gasteiger charge is 2.54. The van der Waals surface area contributed by atoms with Crippen molar-refractivity contribution in [3.63, 3.8) is 0 Å². The number of benzene rings is 1. The highest BCUT2D eigenvalue weighted by Crippen LogP contribution is 2.34. The Morgan fingerprint density at radius 1 is 1.04 bits per heavy atom. The Labute approximate surface area is 163 Å². The minimum atomic E-state index is -0.880. The molecule has 0 unspecified atom stereocenters. The van der Waals surface area contributed by atoms with Crippen LogP contribution in [0.5, 0.6) is 0 Å². The van der Waals surface area contributed by atoms with Crippen LogP contribution in [0.25, 0.3) is 0 Å². The molecule has 4 rings (SSSR count). The molecule has 0 bridgehead atoms. The fourth-order valence-corrected chi connectivity index (χ4v) is 3.98. The molecule has 28 heavy (non-hydrogen) atoms. The Bertz CT molecular complexity index is 877. The zero-order valence-corrected chi connectivity index (χ0v) is 15.5. The van der Waals surface area contributed by atoms with Gasteiger partial charge in [-0.2, -0.15) is 0 Å². The fourth-order valence-electron chi connectivity index (χ4n) is 3.98. The second kappa shape index (κ2) is 7.42. The zero-order valence-electron chi connectivity index (χ0n) is 15.5. The summed E-state index contributed by atoms with van der Waals surface area (Å²) < 4.78 is 0. The number of carbonyl (C=O) groups excluding carboxylic acids is 3. The van der Waals surface area contributed by atoms with Gasteiger partial charge in [-0.05, 0) is 30.5 Å². The molecule has 2 aliphatic rings. The van der Waals surface area contributed by atoms with Gasteiger partial charge >= 0.3 is 6.03 Å². The first-order valence-corrected chi connectivity index (χ1v) is 9.43. The van der Waals surface area contributed by atoms with Crippen LogP contribution in [0.3, 0.4) is 0 Å². The van der Waals surface area contributed by atoms with Crippen LogP contribution >= 0.6 is 0 Å². The monoisotopic (exact) mass is 378 g/mol. The van der Waals surface area contributed by atoms with Gasteiger partial charge in [0.15, 0.2) is 0 Å². The molecular formula is C21H22N4O3. The molecule has 2 aliphatic heterocycles. The molecule has 0 aliphatic carbocycles. The van der Waals surface area contributed by atoms with E-state index in [0.717, 1.165) is 11.3 Å². The van der Waals surface area contributed by atoms with Gasteiger partial charge in [0.05, 0.1) is 6.42 Å². The van der Waals surface area contributed by atoms with Gasteiger partial charge in [0.1, 0.15) is 5.54 Å². The topological polar surface area (TPSA) is 82.6 Å². The van der Waals surface area contributed by atoms with Gasteiger partial charge in [-0.25, -0.2) is 4.79 Å². The van der Waals surface area contributed by atoms with Crippen LogP contribution in [-0.4, -0.2) is 51.3 Å². The number of piperidine rings is 1. The van der Waals surface area contributed by atoms with Crippen molar-refractivity contribution in [3.05, 3.63) is 66.0 Å². The van der Waals surface area contributed by atoms with E-state index >= 15 is 0 Å². The quantitative estimate of drug-likeness (QED) is 0.822. The summed E-state index contributed by atoms with van der Waals surface area (Å²) in [5, 5.41) is 2.47. The second-order valence-corrected chi connectivity index (χ2v) is 7.24. The molecule has 4 amide bonds. The van der Waals surface area contributed by atoms with Crippen LogP contribution in [-0.2, 0) is 22.6 Å². The van der Waals surface area contributed by atoms with Crippen LogP contribution in [0.4, 0.5) is 4.79 Å². The number of rotatable bonds is 4. The number of imide groups is 1. The number of pyridine rings is 1. The molecule has 1 spiro atoms. The highest BCUT2D eigenvalue weighted by atomic mass is 16.2. The van der Waals surface area contributed by atoms with E-state index < -0.39 is 5.54 Å². The van der Waals surface area contributed by atoms with E-state index in [9.17, 15) is 14.4 Å². The number of hydrogen-bond donors (Lipinski definition) is 1. The van der Waals surface area contributed by atoms with E-state index in [2.05, 4.69) is 10.3 Å². The number of amides is 4. The lowest BCUT2D eigenvalue weighted by atomic mass is 9.85. The first-order valence-electron chi connectivity index (χ1n) is 9.43. The second-order valence-electron chi connectivity index (χ2n) is 7.24. The predicted octanol–water partition coefficient (Wildman–Crippen LogP) is 1.74. The van der Waals surface area contributed by atoms with Gasteiger partial charge in [0, 0.05) is 31.5 Å². The Balaban J connectivity index is 1.45. The average molecular weight is 378 g/mol. The summed E-state index contributed by atoms with van der Waals surface area (Å²) in [4.78, 5) is 45.3. The Hall–Kier alpha value is -3.22. The fraction of sp³-hybridized carbons (Fsp3) is 0.333. The molecule has 1 aromatic heterocycles. The van der Waals surface area contributed by atoms with Gasteiger partial charge in [-0.15, -0.1) is 0 Å². The molecule has 144 valence electrons. The number of nitrogens with zero attached hydrogens (tertiary/aromatic N) is 3. The van der Waals surface area contributed by atoms with E-state index in [4.69, 9.17) is 0 Å². The van der Waals surface area contributed by atoms with Gasteiger partial charge in [0.25, 0.3) is 5.91 Å². The van der Waals surface area contributed by atoms with Crippen LogP contribution in [0.15, 0.2) is 54.7 Å². The van der Waals surface area contributed by atoms with Crippen molar-refractivity contribution in [2.75, 3.05) is 13.1 Å². The van der Waals surface area contributed by atoms with E-state index in [-0.39, 0.29) is 24.3 Å². The summed E-state index contributed by atoms with van der Waals surface area (Å²) in [5.74, 6) is -0.266. The third kappa shape index (κ3) is 3.35. The van der Waals surface area contributed by atoms with E-state index in [1.54, 1.807) is 16.0 Å². The number of urea groups is 1. The van der Waals surface area contributed by atoms with Crippen LogP contribution in [0, 0.1) is 0 Å². The standard InChI is InChI=1S/C21H22N4O3/c26-18(14-17-8-4-5-11-22-17)24-12-9-21(10-13-24)19(27)23-20(28)25(21)15-16-6-2-1-3-7-16/h1-8,11H,9-10,12-15H2,(H,23,27,28). The lowest BCUT2D eigenvalue weighted by Gasteiger charge is -2.42. The van der Waals surface area contributed by atoms with Gasteiger partial charge in [0.2, 0.25) is 5.91 Å². The molecule has 2 aromatic rings. The van der Waals surface area contributed by atoms with Crippen LogP contribution in [0.2, 0.25) is 0 Å². The molecule has 3 heterocycles. The molecule has 7 heteroatoms. The summed E-state index contributed by atoms with van der Waals surface area (Å²) in [7, 11) is 0. The maximum atomic E-state index is 12.6. The molecule has 1 aromatic carbocycles. The first-order chi connectivity index (χ1) is 13.6. The minimum Gasteiger partial charge on any atom is -0.342 e. The Kier molecular flexibility index (Phi) is 4.81. The normalized spacial score (nSPS) is 18.4. The SMILES string of the molecule is O=C(Cc1ccccn1)N1CCC2(CC1)C(=O)NC(=O)N2Cc1ccccc1. The van der Waals surface area contributed by atoms with Crippen molar-refractivity contribution in [2.24, 2.45) is 0 Å². The van der Waals surface area contributed by atoms with Crippen molar-refractivity contribution in [1.29, 1.82) is 0 Å². The highest BCUT2D eigenvalue weighted by molar-refractivity contribution is 6.07. The largest absolute Gasteiger partial charge is 0.342 e. The molecule has 0 atom stereocenters. The van der Waals surface area contributed by atoms with Gasteiger partial charge < -0.3 is 9.80 Å². The smallest absolute Gasteiger partial charge is 0.325 e. The Morgan fingerprint density at radius 2 is 1.75 bits per heavy atom. The number of aromatic nitrogens is 1. The predicted molar refractivity (Wildman–Crippen MR) is 102 cm³/mol. The molecule has 0 radical (unpaired) electrons. The van der Waals surface area contributed by atoms with Crippen molar-refractivity contribution in [3.8, 4) is 0 Å². The minimum absolute atomic E-state index is 0.00658. The summed E-state index contributed by atoms with van der Waals surface area (Å²) in [6.45, 7) is 1.26. The summed E-state index contributed by atoms with van der Waals surface area (Å²) in [6, 6.07) is 14.8. The Morgan fingerprint density at radius 3 is 2.43 bits per heavy atom. The van der Waals surface area contributed by atoms with Crippen molar-refractivity contribution < 1.29 is 14.4 Å². The molecule has 7 nitrogen and oxygen atoms in total.